The average molecular weight is 676 g/mol. The number of rotatable bonds is 10. The van der Waals surface area contributed by atoms with E-state index in [4.69, 9.17) is 4.74 Å². The number of nitrogens with zero attached hydrogens (tertiary/aromatic N) is 8. The summed E-state index contributed by atoms with van der Waals surface area (Å²) in [6, 6.07) is 4.06. The van der Waals surface area contributed by atoms with Gasteiger partial charge in [0.05, 0.1) is 11.9 Å². The Hall–Kier alpha value is -4.13. The molecule has 1 aromatic carbocycles. The molecule has 6 rings (SSSR count). The molecule has 1 N–H and O–H groups in total. The molecule has 2 amide bonds. The summed E-state index contributed by atoms with van der Waals surface area (Å²) in [4.78, 5) is 41.4. The van der Waals surface area contributed by atoms with Crippen LogP contribution in [0.25, 0.3) is 0 Å². The van der Waals surface area contributed by atoms with Gasteiger partial charge in [0.1, 0.15) is 23.6 Å². The molecule has 1 spiro atoms. The van der Waals surface area contributed by atoms with E-state index in [0.29, 0.717) is 22.8 Å². The van der Waals surface area contributed by atoms with Crippen LogP contribution in [0.2, 0.25) is 0 Å². The number of hydrogen-bond donors (Lipinski definition) is 1. The Balaban J connectivity index is 1.02. The first kappa shape index (κ1) is 34.7. The zero-order chi connectivity index (χ0) is 34.7. The highest BCUT2D eigenvalue weighted by molar-refractivity contribution is 5.97. The van der Waals surface area contributed by atoms with Crippen molar-refractivity contribution in [3.05, 3.63) is 54.1 Å². The molecule has 2 aromatic heterocycles. The Morgan fingerprint density at radius 1 is 1.04 bits per heavy atom. The number of likely N-dealkylation sites (tertiary alicyclic amines) is 1. The molecule has 2 aliphatic heterocycles. The molecule has 1 atom stereocenters. The van der Waals surface area contributed by atoms with Gasteiger partial charge < -0.3 is 29.3 Å². The number of nitrogens with one attached hydrogen (secondary N) is 1. The van der Waals surface area contributed by atoms with E-state index in [1.807, 2.05) is 34.7 Å². The van der Waals surface area contributed by atoms with E-state index in [9.17, 15) is 14.0 Å². The summed E-state index contributed by atoms with van der Waals surface area (Å²) in [5, 5.41) is 11.4. The number of carbonyl (C=O) groups is 2. The number of aryl methyl sites for hydroxylation is 1. The Labute approximate surface area is 288 Å². The van der Waals surface area contributed by atoms with Crippen LogP contribution < -0.4 is 15.0 Å². The molecular formula is C36H50FN9O3. The van der Waals surface area contributed by atoms with Crippen LogP contribution in [-0.4, -0.2) is 97.2 Å². The lowest BCUT2D eigenvalue weighted by atomic mass is 9.67. The molecule has 3 fully saturated rings. The molecule has 13 heteroatoms. The lowest BCUT2D eigenvalue weighted by molar-refractivity contribution is 0.0510. The predicted molar refractivity (Wildman–Crippen MR) is 184 cm³/mol. The van der Waals surface area contributed by atoms with E-state index in [1.54, 1.807) is 22.0 Å². The predicted octanol–water partition coefficient (Wildman–Crippen LogP) is 5.08. The normalized spacial score (nSPS) is 19.9. The quantitative estimate of drug-likeness (QED) is 0.314. The maximum absolute atomic E-state index is 14.4. The SMILES string of the molecule is CC(C)N(C(=O)c1cc(F)ccc1Oc1nncnc1N1CC[C@@H](CN2CCC3(CCC(NC(=O)c4cn(C)cn4)CC3)CC2)C1)C(C)C. The second-order valence-electron chi connectivity index (χ2n) is 14.8. The third-order valence-corrected chi connectivity index (χ3v) is 10.6. The number of aromatic nitrogens is 5. The van der Waals surface area contributed by atoms with E-state index >= 15 is 0 Å². The second kappa shape index (κ2) is 14.8. The minimum absolute atomic E-state index is 0.0725. The zero-order valence-electron chi connectivity index (χ0n) is 29.4. The summed E-state index contributed by atoms with van der Waals surface area (Å²) in [5.41, 5.74) is 1.00. The molecule has 1 aliphatic carbocycles. The van der Waals surface area contributed by atoms with Gasteiger partial charge >= 0.3 is 0 Å². The summed E-state index contributed by atoms with van der Waals surface area (Å²) >= 11 is 0. The van der Waals surface area contributed by atoms with E-state index in [1.165, 1.54) is 37.4 Å². The van der Waals surface area contributed by atoms with E-state index in [-0.39, 0.29) is 47.1 Å². The van der Waals surface area contributed by atoms with Crippen molar-refractivity contribution in [2.75, 3.05) is 37.6 Å². The third-order valence-electron chi connectivity index (χ3n) is 10.6. The number of ether oxygens (including phenoxy) is 1. The van der Waals surface area contributed by atoms with Crippen molar-refractivity contribution in [2.45, 2.75) is 90.8 Å². The molecule has 264 valence electrons. The number of halogens is 1. The lowest BCUT2D eigenvalue weighted by Crippen LogP contribution is -2.46. The lowest BCUT2D eigenvalue weighted by Gasteiger charge is -2.46. The van der Waals surface area contributed by atoms with Gasteiger partial charge in [-0.15, -0.1) is 10.2 Å². The Kier molecular flexibility index (Phi) is 10.5. The smallest absolute Gasteiger partial charge is 0.282 e. The van der Waals surface area contributed by atoms with Gasteiger partial charge in [-0.1, -0.05) is 0 Å². The highest BCUT2D eigenvalue weighted by Gasteiger charge is 2.39. The molecule has 0 radical (unpaired) electrons. The summed E-state index contributed by atoms with van der Waals surface area (Å²) in [7, 11) is 1.87. The van der Waals surface area contributed by atoms with Gasteiger partial charge in [-0.2, -0.15) is 0 Å². The van der Waals surface area contributed by atoms with Crippen molar-refractivity contribution in [3.63, 3.8) is 0 Å². The molecule has 12 nitrogen and oxygen atoms in total. The van der Waals surface area contributed by atoms with Gasteiger partial charge in [0, 0.05) is 51.0 Å². The van der Waals surface area contributed by atoms with E-state index in [2.05, 4.69) is 35.3 Å². The van der Waals surface area contributed by atoms with Crippen LogP contribution in [-0.2, 0) is 7.05 Å². The van der Waals surface area contributed by atoms with Crippen LogP contribution in [0.4, 0.5) is 10.2 Å². The summed E-state index contributed by atoms with van der Waals surface area (Å²) in [6.45, 7) is 12.6. The van der Waals surface area contributed by atoms with Crippen molar-refractivity contribution in [1.82, 2.24) is 39.8 Å². The van der Waals surface area contributed by atoms with Gasteiger partial charge in [-0.05, 0) is 115 Å². The van der Waals surface area contributed by atoms with E-state index in [0.717, 1.165) is 64.8 Å². The summed E-state index contributed by atoms with van der Waals surface area (Å²) in [5.74, 6) is 0.595. The summed E-state index contributed by atoms with van der Waals surface area (Å²) < 4.78 is 22.4. The van der Waals surface area contributed by atoms with Crippen molar-refractivity contribution >= 4 is 17.6 Å². The van der Waals surface area contributed by atoms with Gasteiger partial charge in [-0.25, -0.2) is 14.4 Å². The fourth-order valence-corrected chi connectivity index (χ4v) is 8.02. The van der Waals surface area contributed by atoms with Crippen LogP contribution in [0.3, 0.4) is 0 Å². The van der Waals surface area contributed by atoms with E-state index < -0.39 is 5.82 Å². The molecule has 3 aromatic rings. The highest BCUT2D eigenvalue weighted by atomic mass is 19.1. The largest absolute Gasteiger partial charge is 0.434 e. The first-order chi connectivity index (χ1) is 23.5. The number of amides is 2. The molecule has 2 saturated heterocycles. The topological polar surface area (TPSA) is 122 Å². The van der Waals surface area contributed by atoms with Crippen LogP contribution in [0.15, 0.2) is 37.1 Å². The molecule has 0 bridgehead atoms. The molecule has 4 heterocycles. The number of imidazole rings is 1. The number of benzene rings is 1. The average Bonchev–Trinajstić information content (AvgIpc) is 3.73. The van der Waals surface area contributed by atoms with Gasteiger partial charge in [0.25, 0.3) is 17.7 Å². The van der Waals surface area contributed by atoms with Gasteiger partial charge in [0.2, 0.25) is 0 Å². The zero-order valence-corrected chi connectivity index (χ0v) is 29.4. The molecule has 1 saturated carbocycles. The van der Waals surface area contributed by atoms with Crippen molar-refractivity contribution in [3.8, 4) is 11.6 Å². The molecule has 49 heavy (non-hydrogen) atoms. The number of hydrogen-bond acceptors (Lipinski definition) is 9. The standard InChI is InChI=1S/C36H50FN9O3/c1-24(2)46(25(3)4)35(48)29-18-27(37)6-7-31(29)49-34-32(38-22-40-42-34)45-15-10-26(20-45)19-44-16-13-36(14-17-44)11-8-28(9-12-36)41-33(47)30-21-43(5)23-39-30/h6-7,18,21-26,28H,8-17,19-20H2,1-5H3,(H,41,47)/t26-/m0/s1. The Morgan fingerprint density at radius 3 is 2.45 bits per heavy atom. The van der Waals surface area contributed by atoms with Crippen LogP contribution in [0, 0.1) is 17.2 Å². The second-order valence-corrected chi connectivity index (χ2v) is 14.8. The van der Waals surface area contributed by atoms with Crippen molar-refractivity contribution < 1.29 is 18.7 Å². The van der Waals surface area contributed by atoms with Crippen molar-refractivity contribution in [2.24, 2.45) is 18.4 Å². The monoisotopic (exact) mass is 675 g/mol. The number of piperidine rings is 1. The minimum atomic E-state index is -0.510. The first-order valence-electron chi connectivity index (χ1n) is 17.7. The maximum atomic E-state index is 14.4. The van der Waals surface area contributed by atoms with Gasteiger partial charge in [0.15, 0.2) is 5.82 Å². The maximum Gasteiger partial charge on any atom is 0.282 e. The minimum Gasteiger partial charge on any atom is -0.434 e. The van der Waals surface area contributed by atoms with Crippen LogP contribution in [0.5, 0.6) is 11.6 Å². The Morgan fingerprint density at radius 2 is 1.78 bits per heavy atom. The number of carbonyl (C=O) groups excluding carboxylic acids is 2. The highest BCUT2D eigenvalue weighted by Crippen LogP contribution is 2.45. The van der Waals surface area contributed by atoms with Gasteiger partial charge in [-0.3, -0.25) is 9.59 Å². The third kappa shape index (κ3) is 8.03. The molecule has 0 unspecified atom stereocenters. The molecule has 3 aliphatic rings. The van der Waals surface area contributed by atoms with Crippen molar-refractivity contribution in [1.29, 1.82) is 0 Å². The first-order valence-corrected chi connectivity index (χ1v) is 17.7. The fourth-order valence-electron chi connectivity index (χ4n) is 8.02. The van der Waals surface area contributed by atoms with Crippen LogP contribution in [0.1, 0.15) is 93.5 Å². The number of anilines is 1. The van der Waals surface area contributed by atoms with Crippen LogP contribution >= 0.6 is 0 Å². The summed E-state index contributed by atoms with van der Waals surface area (Å²) in [6.07, 6.45) is 12.6. The fraction of sp³-hybridized carbons (Fsp3) is 0.611. The Bertz CT molecular complexity index is 1600. The molecular weight excluding hydrogens is 625 g/mol.